The summed E-state index contributed by atoms with van der Waals surface area (Å²) in [7, 11) is 1.39. The van der Waals surface area contributed by atoms with Gasteiger partial charge in [-0.05, 0) is 48.6 Å². The summed E-state index contributed by atoms with van der Waals surface area (Å²) in [6, 6.07) is 7.23. The first-order valence-corrected chi connectivity index (χ1v) is 10.1. The van der Waals surface area contributed by atoms with Crippen molar-refractivity contribution in [2.24, 2.45) is 0 Å². The Balaban J connectivity index is 1.81. The van der Waals surface area contributed by atoms with Crippen molar-refractivity contribution in [1.82, 2.24) is 4.98 Å². The van der Waals surface area contributed by atoms with Crippen molar-refractivity contribution in [2.45, 2.75) is 50.1 Å². The van der Waals surface area contributed by atoms with E-state index in [0.29, 0.717) is 16.3 Å². The molecule has 0 saturated heterocycles. The molecule has 2 heterocycles. The van der Waals surface area contributed by atoms with Crippen LogP contribution in [0.5, 0.6) is 0 Å². The Bertz CT molecular complexity index is 1030. The van der Waals surface area contributed by atoms with Crippen molar-refractivity contribution in [1.29, 1.82) is 0 Å². The van der Waals surface area contributed by atoms with E-state index in [2.05, 4.69) is 4.98 Å². The van der Waals surface area contributed by atoms with Crippen LogP contribution in [0.15, 0.2) is 30.5 Å². The van der Waals surface area contributed by atoms with Crippen LogP contribution in [0.4, 0.5) is 0 Å². The molecule has 4 atom stereocenters. The fourth-order valence-corrected chi connectivity index (χ4v) is 4.95. The topological polar surface area (TPSA) is 121 Å². The van der Waals surface area contributed by atoms with Crippen LogP contribution in [0.1, 0.15) is 46.9 Å². The summed E-state index contributed by atoms with van der Waals surface area (Å²) in [6.07, 6.45) is -0.528. The third-order valence-corrected chi connectivity index (χ3v) is 6.44. The van der Waals surface area contributed by atoms with E-state index in [-0.39, 0.29) is 19.4 Å². The van der Waals surface area contributed by atoms with Crippen molar-refractivity contribution >= 4 is 17.6 Å². The number of aliphatic carboxylic acids is 1. The number of aromatic nitrogens is 1. The fraction of sp³-hybridized carbons (Fsp3) is 0.429. The van der Waals surface area contributed by atoms with Gasteiger partial charge in [0.1, 0.15) is 12.2 Å². The van der Waals surface area contributed by atoms with Gasteiger partial charge in [0.15, 0.2) is 0 Å². The van der Waals surface area contributed by atoms with Gasteiger partial charge in [-0.3, -0.25) is 9.78 Å². The number of carboxylic acid groups (broad SMARTS) is 1. The zero-order valence-corrected chi connectivity index (χ0v) is 17.7. The monoisotopic (exact) mass is 448 g/mol. The van der Waals surface area contributed by atoms with Gasteiger partial charge in [-0.1, -0.05) is 23.7 Å². The number of halogens is 1. The number of benzene rings is 1. The van der Waals surface area contributed by atoms with Gasteiger partial charge in [0.05, 0.1) is 18.1 Å². The van der Waals surface area contributed by atoms with Crippen molar-refractivity contribution in [2.75, 3.05) is 7.11 Å². The molecule has 0 spiro atoms. The Morgan fingerprint density at radius 2 is 2.00 bits per heavy atom. The van der Waals surface area contributed by atoms with E-state index >= 15 is 0 Å². The molecule has 1 saturated carbocycles. The summed E-state index contributed by atoms with van der Waals surface area (Å²) in [5.74, 6) is -1.10. The Hall–Kier alpha value is -2.75. The van der Waals surface area contributed by atoms with Crippen LogP contribution in [0.2, 0.25) is 5.02 Å². The largest absolute Gasteiger partial charge is 0.481 e. The summed E-state index contributed by atoms with van der Waals surface area (Å²) < 4.78 is 11.4. The average Bonchev–Trinajstić information content (AvgIpc) is 3.30. The summed E-state index contributed by atoms with van der Waals surface area (Å²) in [5, 5.41) is 20.9. The van der Waals surface area contributed by atoms with Crippen molar-refractivity contribution < 1.29 is 29.3 Å². The molecule has 164 valence electrons. The van der Waals surface area contributed by atoms with Gasteiger partial charge in [-0.25, -0.2) is 0 Å². The lowest BCUT2D eigenvalue weighted by molar-refractivity contribution is -0.770. The minimum absolute atomic E-state index is 0.0297. The second-order valence-electron chi connectivity index (χ2n) is 7.83. The normalized spacial score (nSPS) is 27.1. The Morgan fingerprint density at radius 1 is 1.32 bits per heavy atom. The van der Waals surface area contributed by atoms with Gasteiger partial charge < -0.3 is 19.4 Å². The number of aryl methyl sites for hydroxylation is 1. The summed E-state index contributed by atoms with van der Waals surface area (Å²) in [4.78, 5) is 32.8. The highest BCUT2D eigenvalue weighted by atomic mass is 35.5. The highest BCUT2D eigenvalue weighted by molar-refractivity contribution is 6.30. The number of pyridine rings is 1. The summed E-state index contributed by atoms with van der Waals surface area (Å²) in [6.45, 7) is 1.94. The molecule has 10 heteroatoms. The average molecular weight is 449 g/mol. The third-order valence-electron chi connectivity index (χ3n) is 6.18. The van der Waals surface area contributed by atoms with Crippen LogP contribution in [0.25, 0.3) is 0 Å². The highest BCUT2D eigenvalue weighted by Gasteiger charge is 2.56. The van der Waals surface area contributed by atoms with Crippen molar-refractivity contribution in [3.63, 3.8) is 0 Å². The predicted molar refractivity (Wildman–Crippen MR) is 108 cm³/mol. The number of carboxylic acids is 1. The van der Waals surface area contributed by atoms with E-state index in [0.717, 1.165) is 16.7 Å². The molecule has 0 amide bonds. The van der Waals surface area contributed by atoms with E-state index in [1.54, 1.807) is 25.3 Å². The molecule has 0 radical (unpaired) electrons. The molecule has 2 aliphatic rings. The molecule has 31 heavy (non-hydrogen) atoms. The van der Waals surface area contributed by atoms with Crippen LogP contribution in [-0.4, -0.2) is 40.5 Å². The first-order valence-electron chi connectivity index (χ1n) is 9.70. The molecule has 2 aromatic rings. The Labute approximate surface area is 183 Å². The number of rotatable bonds is 6. The SMILES string of the molecule is CO[C@H]1C[C@@](C(=O)O)(c2c(C)ncc3c2CO[C@H]3c2ccc(Cl)cc2)C[C@H]1O[N+](=O)[O-]. The molecule has 1 fully saturated rings. The van der Waals surface area contributed by atoms with E-state index < -0.39 is 34.8 Å². The van der Waals surface area contributed by atoms with Crippen molar-refractivity contribution in [3.8, 4) is 0 Å². The summed E-state index contributed by atoms with van der Waals surface area (Å²) >= 11 is 5.99. The fourth-order valence-electron chi connectivity index (χ4n) is 4.83. The van der Waals surface area contributed by atoms with E-state index in [4.69, 9.17) is 25.9 Å². The maximum absolute atomic E-state index is 12.6. The van der Waals surface area contributed by atoms with Crippen LogP contribution >= 0.6 is 11.6 Å². The van der Waals surface area contributed by atoms with Gasteiger partial charge in [0.2, 0.25) is 0 Å². The number of methoxy groups -OCH3 is 1. The quantitative estimate of drug-likeness (QED) is 0.527. The second kappa shape index (κ2) is 8.07. The molecule has 4 rings (SSSR count). The number of ether oxygens (including phenoxy) is 2. The van der Waals surface area contributed by atoms with Gasteiger partial charge in [0.25, 0.3) is 5.09 Å². The third kappa shape index (κ3) is 3.62. The van der Waals surface area contributed by atoms with Crippen LogP contribution in [-0.2, 0) is 31.1 Å². The smallest absolute Gasteiger partial charge is 0.314 e. The standard InChI is InChI=1S/C21H21ClN2O7/c1-11-18(21(20(25)26)7-16(29-2)17(8-21)31-24(27)28)15-10-30-19(14(15)9-23-11)12-3-5-13(22)6-4-12/h3-6,9,16-17,19H,7-8,10H2,1-2H3,(H,25,26)/t16-,17+,19-,21-/m0/s1. The van der Waals surface area contributed by atoms with Crippen molar-refractivity contribution in [3.05, 3.63) is 73.5 Å². The number of fused-ring (bicyclic) bond motifs is 1. The maximum atomic E-state index is 12.6. The van der Waals surface area contributed by atoms with Gasteiger partial charge in [0, 0.05) is 29.6 Å². The zero-order valence-electron chi connectivity index (χ0n) is 16.9. The minimum atomic E-state index is -1.44. The van der Waals surface area contributed by atoms with E-state index in [1.807, 2.05) is 12.1 Å². The van der Waals surface area contributed by atoms with E-state index in [1.165, 1.54) is 7.11 Å². The number of carbonyl (C=O) groups is 1. The van der Waals surface area contributed by atoms with Gasteiger partial charge in [-0.15, -0.1) is 10.1 Å². The molecule has 1 N–H and O–H groups in total. The number of hydrogen-bond donors (Lipinski definition) is 1. The molecule has 0 unspecified atom stereocenters. The predicted octanol–water partition coefficient (Wildman–Crippen LogP) is 3.37. The summed E-state index contributed by atoms with van der Waals surface area (Å²) in [5.41, 5.74) is 2.01. The zero-order chi connectivity index (χ0) is 22.3. The highest BCUT2D eigenvalue weighted by Crippen LogP contribution is 2.49. The van der Waals surface area contributed by atoms with Crippen LogP contribution in [0.3, 0.4) is 0 Å². The Kier molecular flexibility index (Phi) is 5.59. The maximum Gasteiger partial charge on any atom is 0.314 e. The van der Waals surface area contributed by atoms with Crippen LogP contribution < -0.4 is 0 Å². The first kappa shape index (κ1) is 21.5. The van der Waals surface area contributed by atoms with Gasteiger partial charge >= 0.3 is 5.97 Å². The molecule has 1 aliphatic carbocycles. The second-order valence-corrected chi connectivity index (χ2v) is 8.27. The van der Waals surface area contributed by atoms with Gasteiger partial charge in [-0.2, -0.15) is 0 Å². The molecule has 0 bridgehead atoms. The lowest BCUT2D eigenvalue weighted by Gasteiger charge is -2.28. The lowest BCUT2D eigenvalue weighted by atomic mass is 9.74. The lowest BCUT2D eigenvalue weighted by Crippen LogP contribution is -2.36. The van der Waals surface area contributed by atoms with Crippen LogP contribution in [0, 0.1) is 17.0 Å². The van der Waals surface area contributed by atoms with E-state index in [9.17, 15) is 20.0 Å². The number of nitrogens with zero attached hydrogens (tertiary/aromatic N) is 2. The minimum Gasteiger partial charge on any atom is -0.481 e. The molecule has 1 aliphatic heterocycles. The molecule has 1 aromatic carbocycles. The number of hydrogen-bond acceptors (Lipinski definition) is 7. The Morgan fingerprint density at radius 3 is 2.61 bits per heavy atom. The molecular weight excluding hydrogens is 428 g/mol. The molecule has 9 nitrogen and oxygen atoms in total. The molecular formula is C21H21ClN2O7. The first-order chi connectivity index (χ1) is 14.8. The molecule has 1 aromatic heterocycles.